The van der Waals surface area contributed by atoms with Crippen LogP contribution in [0.1, 0.15) is 33.4 Å². The number of hydrogen-bond donors (Lipinski definition) is 2. The Morgan fingerprint density at radius 2 is 2.15 bits per heavy atom. The zero-order chi connectivity index (χ0) is 15.5. The van der Waals surface area contributed by atoms with Crippen LogP contribution in [-0.4, -0.2) is 32.8 Å². The van der Waals surface area contributed by atoms with E-state index in [1.54, 1.807) is 6.92 Å². The minimum Gasteiger partial charge on any atom is -0.384 e. The summed E-state index contributed by atoms with van der Waals surface area (Å²) in [6, 6.07) is 1.21. The van der Waals surface area contributed by atoms with Gasteiger partial charge in [-0.3, -0.25) is 4.57 Å². The van der Waals surface area contributed by atoms with Gasteiger partial charge in [0.05, 0.1) is 6.10 Å². The van der Waals surface area contributed by atoms with Gasteiger partial charge in [-0.1, -0.05) is 20.8 Å². The average molecular weight is 291 g/mol. The third kappa shape index (κ3) is 2.80. The highest BCUT2D eigenvalue weighted by Gasteiger charge is 2.59. The molecule has 1 aromatic rings. The molecule has 0 unspecified atom stereocenters. The number of nitrogens with zero attached hydrogens (tertiary/aromatic N) is 2. The summed E-state index contributed by atoms with van der Waals surface area (Å²) in [6.07, 6.45) is -3.54. The molecule has 0 radical (unpaired) electrons. The lowest BCUT2D eigenvalue weighted by Gasteiger charge is -2.20. The van der Waals surface area contributed by atoms with Gasteiger partial charge in [0.1, 0.15) is 11.9 Å². The van der Waals surface area contributed by atoms with E-state index in [0.29, 0.717) is 4.57 Å². The molecule has 114 valence electrons. The van der Waals surface area contributed by atoms with Crippen LogP contribution in [0.4, 0.5) is 14.6 Å². The largest absolute Gasteiger partial charge is 0.384 e. The van der Waals surface area contributed by atoms with Crippen LogP contribution in [0, 0.1) is 0 Å². The van der Waals surface area contributed by atoms with Crippen molar-refractivity contribution in [3.63, 3.8) is 0 Å². The number of aromatic nitrogens is 2. The number of anilines is 1. The maximum atomic E-state index is 13.8. The van der Waals surface area contributed by atoms with E-state index in [0.717, 1.165) is 6.20 Å². The van der Waals surface area contributed by atoms with Gasteiger partial charge in [0.15, 0.2) is 0 Å². The highest BCUT2D eigenvalue weighted by atomic mass is 19.3. The Morgan fingerprint density at radius 3 is 2.60 bits per heavy atom. The highest BCUT2D eigenvalue weighted by Crippen LogP contribution is 2.42. The first-order valence-corrected chi connectivity index (χ1v) is 6.44. The van der Waals surface area contributed by atoms with E-state index < -0.39 is 30.0 Å². The van der Waals surface area contributed by atoms with Gasteiger partial charge in [-0.25, -0.2) is 4.79 Å². The van der Waals surface area contributed by atoms with Gasteiger partial charge < -0.3 is 15.6 Å². The molecular formula is C12H19F2N3O3. The first kappa shape index (κ1) is 16.5. The van der Waals surface area contributed by atoms with Crippen LogP contribution >= 0.6 is 0 Å². The van der Waals surface area contributed by atoms with E-state index in [2.05, 4.69) is 4.98 Å². The van der Waals surface area contributed by atoms with Crippen LogP contribution in [0.25, 0.3) is 0 Å². The van der Waals surface area contributed by atoms with Gasteiger partial charge in [-0.2, -0.15) is 13.8 Å². The molecule has 2 heterocycles. The van der Waals surface area contributed by atoms with Gasteiger partial charge in [0.25, 0.3) is 0 Å². The summed E-state index contributed by atoms with van der Waals surface area (Å²) < 4.78 is 33.3. The number of halogens is 2. The second-order valence-electron chi connectivity index (χ2n) is 4.10. The summed E-state index contributed by atoms with van der Waals surface area (Å²) in [5.41, 5.74) is 4.33. The molecule has 3 atom stereocenters. The molecule has 0 spiro atoms. The first-order chi connectivity index (χ1) is 9.37. The summed E-state index contributed by atoms with van der Waals surface area (Å²) in [4.78, 5) is 14.8. The van der Waals surface area contributed by atoms with Crippen LogP contribution in [-0.2, 0) is 4.74 Å². The molecule has 1 aromatic heterocycles. The number of ether oxygens (including phenoxy) is 1. The summed E-state index contributed by atoms with van der Waals surface area (Å²) in [7, 11) is 0. The van der Waals surface area contributed by atoms with Gasteiger partial charge in [0, 0.05) is 6.20 Å². The molecule has 0 aromatic carbocycles. The maximum absolute atomic E-state index is 13.8. The van der Waals surface area contributed by atoms with Gasteiger partial charge >= 0.3 is 11.6 Å². The Hall–Kier alpha value is -1.54. The predicted octanol–water partition coefficient (Wildman–Crippen LogP) is 1.16. The highest BCUT2D eigenvalue weighted by molar-refractivity contribution is 5.23. The lowest BCUT2D eigenvalue weighted by molar-refractivity contribution is -0.140. The summed E-state index contributed by atoms with van der Waals surface area (Å²) in [5.74, 6) is -3.62. The third-order valence-electron chi connectivity index (χ3n) is 2.89. The lowest BCUT2D eigenvalue weighted by Crippen LogP contribution is -2.41. The Bertz CT molecular complexity index is 507. The molecule has 20 heavy (non-hydrogen) atoms. The van der Waals surface area contributed by atoms with Crippen LogP contribution in [0.2, 0.25) is 0 Å². The molecule has 2 rings (SSSR count). The molecule has 1 aliphatic rings. The number of nitrogen functional groups attached to an aromatic ring is 1. The minimum absolute atomic E-state index is 0.0647. The maximum Gasteiger partial charge on any atom is 0.351 e. The van der Waals surface area contributed by atoms with E-state index >= 15 is 0 Å². The number of hydrogen-bond acceptors (Lipinski definition) is 5. The van der Waals surface area contributed by atoms with Crippen molar-refractivity contribution in [3.05, 3.63) is 22.7 Å². The van der Waals surface area contributed by atoms with Crippen molar-refractivity contribution in [2.45, 2.75) is 51.6 Å². The van der Waals surface area contributed by atoms with Crippen LogP contribution in [0.5, 0.6) is 0 Å². The Labute approximate surface area is 115 Å². The molecule has 1 fully saturated rings. The van der Waals surface area contributed by atoms with E-state index in [9.17, 15) is 18.7 Å². The monoisotopic (exact) mass is 291 g/mol. The van der Waals surface area contributed by atoms with Crippen molar-refractivity contribution < 1.29 is 18.6 Å². The van der Waals surface area contributed by atoms with Crippen molar-refractivity contribution in [2.75, 3.05) is 5.73 Å². The molecule has 8 heteroatoms. The second-order valence-corrected chi connectivity index (χ2v) is 4.10. The quantitative estimate of drug-likeness (QED) is 0.853. The van der Waals surface area contributed by atoms with Crippen molar-refractivity contribution in [1.29, 1.82) is 0 Å². The predicted molar refractivity (Wildman–Crippen MR) is 69.4 cm³/mol. The fourth-order valence-corrected chi connectivity index (χ4v) is 1.90. The van der Waals surface area contributed by atoms with Gasteiger partial charge in [-0.15, -0.1) is 0 Å². The lowest BCUT2D eigenvalue weighted by atomic mass is 10.1. The fraction of sp³-hybridized carbons (Fsp3) is 0.667. The van der Waals surface area contributed by atoms with E-state index in [4.69, 9.17) is 10.5 Å². The molecule has 1 saturated heterocycles. The Balaban J connectivity index is 0.000000956. The number of nitrogens with two attached hydrogens (primary N) is 1. The van der Waals surface area contributed by atoms with Gasteiger partial charge in [-0.05, 0) is 12.5 Å². The van der Waals surface area contributed by atoms with Crippen LogP contribution in [0.15, 0.2) is 17.1 Å². The summed E-state index contributed by atoms with van der Waals surface area (Å²) in [5, 5.41) is 9.46. The summed E-state index contributed by atoms with van der Waals surface area (Å²) in [6.45, 7) is 5.61. The molecular weight excluding hydrogens is 272 g/mol. The molecule has 6 nitrogen and oxygen atoms in total. The SMILES string of the molecule is CC.CC[C@H]1O[C@@H](n2ccc(N)nc2=O)C(F)(F)[C@@H]1O. The topological polar surface area (TPSA) is 90.4 Å². The molecule has 3 N–H and O–H groups in total. The molecule has 0 bridgehead atoms. The van der Waals surface area contributed by atoms with Crippen LogP contribution in [0.3, 0.4) is 0 Å². The van der Waals surface area contributed by atoms with E-state index in [1.165, 1.54) is 6.07 Å². The number of alkyl halides is 2. The zero-order valence-corrected chi connectivity index (χ0v) is 11.6. The summed E-state index contributed by atoms with van der Waals surface area (Å²) >= 11 is 0. The Kier molecular flexibility index (Phi) is 5.18. The number of aliphatic hydroxyl groups is 1. The fourth-order valence-electron chi connectivity index (χ4n) is 1.90. The van der Waals surface area contributed by atoms with E-state index in [1.807, 2.05) is 13.8 Å². The Morgan fingerprint density at radius 1 is 1.55 bits per heavy atom. The first-order valence-electron chi connectivity index (χ1n) is 6.44. The van der Waals surface area contributed by atoms with Gasteiger partial charge in [0.2, 0.25) is 6.23 Å². The average Bonchev–Trinajstić information content (AvgIpc) is 2.64. The minimum atomic E-state index is -3.55. The molecule has 0 aliphatic carbocycles. The molecule has 0 amide bonds. The van der Waals surface area contributed by atoms with Crippen LogP contribution < -0.4 is 11.4 Å². The van der Waals surface area contributed by atoms with Crippen molar-refractivity contribution in [2.24, 2.45) is 0 Å². The smallest absolute Gasteiger partial charge is 0.351 e. The number of rotatable bonds is 2. The van der Waals surface area contributed by atoms with Crippen molar-refractivity contribution >= 4 is 5.82 Å². The third-order valence-corrected chi connectivity index (χ3v) is 2.89. The molecule has 0 saturated carbocycles. The normalized spacial score (nSPS) is 27.8. The van der Waals surface area contributed by atoms with Crippen molar-refractivity contribution in [1.82, 2.24) is 9.55 Å². The van der Waals surface area contributed by atoms with Crippen molar-refractivity contribution in [3.8, 4) is 0 Å². The zero-order valence-electron chi connectivity index (χ0n) is 11.6. The van der Waals surface area contributed by atoms with E-state index in [-0.39, 0.29) is 12.2 Å². The number of aliphatic hydroxyl groups excluding tert-OH is 1. The standard InChI is InChI=1S/C10H13F2N3O3.C2H6/c1-2-5-7(16)10(11,12)8(18-5)15-4-3-6(13)14-9(15)17;1-2/h3-5,7-8,16H,2H2,1H3,(H2,13,14,17);1-2H3/t5-,7-,8-;/m1./s1. The molecule has 1 aliphatic heterocycles. The second kappa shape index (κ2) is 6.27.